The highest BCUT2D eigenvalue weighted by Crippen LogP contribution is 2.16. The summed E-state index contributed by atoms with van der Waals surface area (Å²) < 4.78 is 5.26. The Bertz CT molecular complexity index is 263. The third-order valence-electron chi connectivity index (χ3n) is 2.37. The molecule has 0 N–H and O–H groups in total. The zero-order valence-electron chi connectivity index (χ0n) is 9.71. The SMILES string of the molecule is CC(C)CCCc1cc(C(C)C)no1. The number of hydrogen-bond acceptors (Lipinski definition) is 2. The van der Waals surface area contributed by atoms with Gasteiger partial charge in [0.15, 0.2) is 0 Å². The van der Waals surface area contributed by atoms with Gasteiger partial charge in [0, 0.05) is 12.5 Å². The smallest absolute Gasteiger partial charge is 0.137 e. The molecule has 0 atom stereocenters. The van der Waals surface area contributed by atoms with Gasteiger partial charge in [0.1, 0.15) is 5.76 Å². The van der Waals surface area contributed by atoms with Crippen molar-refractivity contribution in [3.05, 3.63) is 17.5 Å². The fraction of sp³-hybridized carbons (Fsp3) is 0.750. The zero-order chi connectivity index (χ0) is 10.6. The van der Waals surface area contributed by atoms with Crippen molar-refractivity contribution in [1.82, 2.24) is 5.16 Å². The Morgan fingerprint density at radius 3 is 2.50 bits per heavy atom. The van der Waals surface area contributed by atoms with Crippen molar-refractivity contribution in [1.29, 1.82) is 0 Å². The molecule has 2 heteroatoms. The molecule has 80 valence electrons. The Morgan fingerprint density at radius 1 is 1.29 bits per heavy atom. The van der Waals surface area contributed by atoms with Gasteiger partial charge in [-0.05, 0) is 18.3 Å². The molecule has 0 aliphatic rings. The Morgan fingerprint density at radius 2 is 2.00 bits per heavy atom. The Balaban J connectivity index is 2.36. The van der Waals surface area contributed by atoms with E-state index in [1.54, 1.807) is 0 Å². The minimum absolute atomic E-state index is 0.470. The number of aryl methyl sites for hydroxylation is 1. The van der Waals surface area contributed by atoms with Crippen LogP contribution in [0.25, 0.3) is 0 Å². The number of nitrogens with zero attached hydrogens (tertiary/aromatic N) is 1. The third kappa shape index (κ3) is 3.52. The molecular weight excluding hydrogens is 174 g/mol. The van der Waals surface area contributed by atoms with Crippen molar-refractivity contribution in [2.24, 2.45) is 5.92 Å². The van der Waals surface area contributed by atoms with E-state index in [-0.39, 0.29) is 0 Å². The monoisotopic (exact) mass is 195 g/mol. The normalized spacial score (nSPS) is 11.6. The van der Waals surface area contributed by atoms with Gasteiger partial charge in [0.05, 0.1) is 5.69 Å². The average Bonchev–Trinajstić information content (AvgIpc) is 2.52. The summed E-state index contributed by atoms with van der Waals surface area (Å²) in [6, 6.07) is 2.09. The van der Waals surface area contributed by atoms with E-state index in [1.807, 2.05) is 0 Å². The van der Waals surface area contributed by atoms with Crippen LogP contribution in [0.15, 0.2) is 10.6 Å². The molecule has 0 aromatic carbocycles. The summed E-state index contributed by atoms with van der Waals surface area (Å²) in [6.45, 7) is 8.77. The fourth-order valence-corrected chi connectivity index (χ4v) is 1.40. The second-order valence-corrected chi connectivity index (χ2v) is 4.66. The quantitative estimate of drug-likeness (QED) is 0.714. The van der Waals surface area contributed by atoms with Crippen LogP contribution in [0.2, 0.25) is 0 Å². The van der Waals surface area contributed by atoms with Crippen molar-refractivity contribution >= 4 is 0 Å². The molecule has 0 fully saturated rings. The van der Waals surface area contributed by atoms with Crippen molar-refractivity contribution in [3.63, 3.8) is 0 Å². The van der Waals surface area contributed by atoms with E-state index in [4.69, 9.17) is 4.52 Å². The molecule has 0 spiro atoms. The first kappa shape index (κ1) is 11.3. The maximum Gasteiger partial charge on any atom is 0.137 e. The molecule has 0 bridgehead atoms. The molecule has 1 rings (SSSR count). The molecule has 14 heavy (non-hydrogen) atoms. The van der Waals surface area contributed by atoms with E-state index in [0.717, 1.165) is 23.8 Å². The topological polar surface area (TPSA) is 26.0 Å². The lowest BCUT2D eigenvalue weighted by molar-refractivity contribution is 0.368. The molecule has 1 aromatic heterocycles. The third-order valence-corrected chi connectivity index (χ3v) is 2.37. The predicted molar refractivity (Wildman–Crippen MR) is 58.4 cm³/mol. The molecule has 1 heterocycles. The van der Waals surface area contributed by atoms with Crippen LogP contribution in [0.1, 0.15) is 57.9 Å². The molecular formula is C12H21NO. The van der Waals surface area contributed by atoms with Crippen molar-refractivity contribution in [3.8, 4) is 0 Å². The van der Waals surface area contributed by atoms with E-state index in [9.17, 15) is 0 Å². The molecule has 2 nitrogen and oxygen atoms in total. The van der Waals surface area contributed by atoms with Gasteiger partial charge in [-0.3, -0.25) is 0 Å². The van der Waals surface area contributed by atoms with Gasteiger partial charge >= 0.3 is 0 Å². The van der Waals surface area contributed by atoms with Gasteiger partial charge in [-0.25, -0.2) is 0 Å². The van der Waals surface area contributed by atoms with E-state index in [1.165, 1.54) is 12.8 Å². The van der Waals surface area contributed by atoms with Crippen LogP contribution in [0.5, 0.6) is 0 Å². The van der Waals surface area contributed by atoms with Gasteiger partial charge < -0.3 is 4.52 Å². The summed E-state index contributed by atoms with van der Waals surface area (Å²) in [5, 5.41) is 4.04. The second-order valence-electron chi connectivity index (χ2n) is 4.66. The van der Waals surface area contributed by atoms with Crippen molar-refractivity contribution < 1.29 is 4.52 Å². The van der Waals surface area contributed by atoms with Crippen molar-refractivity contribution in [2.75, 3.05) is 0 Å². The summed E-state index contributed by atoms with van der Waals surface area (Å²) in [4.78, 5) is 0. The van der Waals surface area contributed by atoms with Crippen LogP contribution in [0.3, 0.4) is 0 Å². The van der Waals surface area contributed by atoms with Crippen LogP contribution in [0.4, 0.5) is 0 Å². The van der Waals surface area contributed by atoms with Gasteiger partial charge in [-0.2, -0.15) is 0 Å². The number of hydrogen-bond donors (Lipinski definition) is 0. The maximum atomic E-state index is 5.26. The minimum atomic E-state index is 0.470. The van der Waals surface area contributed by atoms with Crippen LogP contribution in [-0.4, -0.2) is 5.16 Å². The lowest BCUT2D eigenvalue weighted by Crippen LogP contribution is -1.89. The largest absolute Gasteiger partial charge is 0.361 e. The predicted octanol–water partition coefficient (Wildman–Crippen LogP) is 3.78. The molecule has 0 saturated carbocycles. The van der Waals surface area contributed by atoms with E-state index in [2.05, 4.69) is 38.9 Å². The van der Waals surface area contributed by atoms with E-state index < -0.39 is 0 Å². The average molecular weight is 195 g/mol. The molecule has 0 saturated heterocycles. The van der Waals surface area contributed by atoms with Crippen LogP contribution < -0.4 is 0 Å². The van der Waals surface area contributed by atoms with Crippen LogP contribution in [0, 0.1) is 5.92 Å². The lowest BCUT2D eigenvalue weighted by Gasteiger charge is -2.00. The minimum Gasteiger partial charge on any atom is -0.361 e. The fourth-order valence-electron chi connectivity index (χ4n) is 1.40. The summed E-state index contributed by atoms with van der Waals surface area (Å²) in [6.07, 6.45) is 3.49. The molecule has 1 aromatic rings. The summed E-state index contributed by atoms with van der Waals surface area (Å²) in [7, 11) is 0. The van der Waals surface area contributed by atoms with Crippen molar-refractivity contribution in [2.45, 2.75) is 52.9 Å². The molecule has 0 amide bonds. The van der Waals surface area contributed by atoms with E-state index >= 15 is 0 Å². The standard InChI is InChI=1S/C12H21NO/c1-9(2)6-5-7-11-8-12(10(3)4)13-14-11/h8-10H,5-7H2,1-4H3. The highest BCUT2D eigenvalue weighted by Gasteiger charge is 2.07. The Hall–Kier alpha value is -0.790. The summed E-state index contributed by atoms with van der Waals surface area (Å²) in [5.74, 6) is 2.29. The summed E-state index contributed by atoms with van der Waals surface area (Å²) >= 11 is 0. The molecule has 0 unspecified atom stereocenters. The first-order valence-corrected chi connectivity index (χ1v) is 5.55. The zero-order valence-corrected chi connectivity index (χ0v) is 9.71. The Kier molecular flexibility index (Phi) is 4.18. The molecule has 0 aliphatic heterocycles. The number of rotatable bonds is 5. The number of aromatic nitrogens is 1. The van der Waals surface area contributed by atoms with Crippen LogP contribution >= 0.6 is 0 Å². The van der Waals surface area contributed by atoms with Gasteiger partial charge in [0.2, 0.25) is 0 Å². The van der Waals surface area contributed by atoms with Gasteiger partial charge in [-0.1, -0.05) is 39.3 Å². The van der Waals surface area contributed by atoms with E-state index in [0.29, 0.717) is 5.92 Å². The molecule has 0 radical (unpaired) electrons. The van der Waals surface area contributed by atoms with Crippen LogP contribution in [-0.2, 0) is 6.42 Å². The first-order chi connectivity index (χ1) is 6.59. The Labute approximate surface area is 86.7 Å². The van der Waals surface area contributed by atoms with Gasteiger partial charge in [-0.15, -0.1) is 0 Å². The lowest BCUT2D eigenvalue weighted by atomic mass is 10.0. The highest BCUT2D eigenvalue weighted by molar-refractivity contribution is 5.08. The summed E-state index contributed by atoms with van der Waals surface area (Å²) in [5.41, 5.74) is 1.07. The second kappa shape index (κ2) is 5.18. The maximum absolute atomic E-state index is 5.26. The first-order valence-electron chi connectivity index (χ1n) is 5.55. The highest BCUT2D eigenvalue weighted by atomic mass is 16.5. The molecule has 0 aliphatic carbocycles. The van der Waals surface area contributed by atoms with Gasteiger partial charge in [0.25, 0.3) is 0 Å².